The highest BCUT2D eigenvalue weighted by Gasteiger charge is 2.18. The minimum absolute atomic E-state index is 0.0111. The largest absolute Gasteiger partial charge is 0.369 e. The molecule has 2 aliphatic rings. The van der Waals surface area contributed by atoms with Gasteiger partial charge in [-0.3, -0.25) is 0 Å². The van der Waals surface area contributed by atoms with Crippen LogP contribution in [0.4, 0.5) is 0 Å². The molecular weight excluding hydrogens is 344 g/mol. The van der Waals surface area contributed by atoms with E-state index in [0.717, 1.165) is 71.2 Å². The molecule has 0 aromatic heterocycles. The predicted octanol–water partition coefficient (Wildman–Crippen LogP) is 4.98. The van der Waals surface area contributed by atoms with Gasteiger partial charge in [-0.15, -0.1) is 0 Å². The number of rotatable bonds is 13. The van der Waals surface area contributed by atoms with Gasteiger partial charge in [0.2, 0.25) is 0 Å². The highest BCUT2D eigenvalue weighted by atomic mass is 16.7. The zero-order valence-corrected chi connectivity index (χ0v) is 17.4. The van der Waals surface area contributed by atoms with E-state index < -0.39 is 0 Å². The molecule has 0 radical (unpaired) electrons. The van der Waals surface area contributed by atoms with Crippen molar-refractivity contribution in [2.75, 3.05) is 26.4 Å². The predicted molar refractivity (Wildman–Crippen MR) is 107 cm³/mol. The van der Waals surface area contributed by atoms with E-state index in [-0.39, 0.29) is 24.8 Å². The SMILES string of the molecule is CCC(CC)O[C@@H](/C=C/CCCOC1CCCCO1)COC1CCCCO1. The molecule has 2 saturated heterocycles. The van der Waals surface area contributed by atoms with E-state index in [0.29, 0.717) is 6.61 Å². The maximum Gasteiger partial charge on any atom is 0.157 e. The molecule has 2 heterocycles. The van der Waals surface area contributed by atoms with Crippen molar-refractivity contribution in [2.24, 2.45) is 0 Å². The number of allylic oxidation sites excluding steroid dienone is 1. The zero-order valence-electron chi connectivity index (χ0n) is 17.4. The van der Waals surface area contributed by atoms with Crippen LogP contribution in [-0.4, -0.2) is 51.2 Å². The first-order valence-corrected chi connectivity index (χ1v) is 11.1. The Kier molecular flexibility index (Phi) is 12.3. The summed E-state index contributed by atoms with van der Waals surface area (Å²) in [5, 5.41) is 0. The van der Waals surface area contributed by atoms with Gasteiger partial charge in [-0.1, -0.05) is 26.0 Å². The maximum absolute atomic E-state index is 6.22. The highest BCUT2D eigenvalue weighted by Crippen LogP contribution is 2.16. The molecule has 5 heteroatoms. The quantitative estimate of drug-likeness (QED) is 0.331. The minimum Gasteiger partial charge on any atom is -0.369 e. The molecule has 27 heavy (non-hydrogen) atoms. The average Bonchev–Trinajstić information content (AvgIpc) is 2.73. The monoisotopic (exact) mass is 384 g/mol. The van der Waals surface area contributed by atoms with E-state index in [1.807, 2.05) is 0 Å². The Labute approximate surface area is 165 Å². The van der Waals surface area contributed by atoms with Gasteiger partial charge in [0.05, 0.1) is 25.4 Å². The fraction of sp³-hybridized carbons (Fsp3) is 0.909. The molecule has 0 aliphatic carbocycles. The van der Waals surface area contributed by atoms with Crippen LogP contribution in [0.2, 0.25) is 0 Å². The van der Waals surface area contributed by atoms with Gasteiger partial charge in [-0.25, -0.2) is 0 Å². The molecule has 2 fully saturated rings. The molecule has 5 nitrogen and oxygen atoms in total. The summed E-state index contributed by atoms with van der Waals surface area (Å²) in [5.41, 5.74) is 0. The summed E-state index contributed by atoms with van der Waals surface area (Å²) in [7, 11) is 0. The van der Waals surface area contributed by atoms with Crippen molar-refractivity contribution in [3.63, 3.8) is 0 Å². The molecule has 0 saturated carbocycles. The second-order valence-electron chi connectivity index (χ2n) is 7.48. The van der Waals surface area contributed by atoms with Crippen LogP contribution in [0.3, 0.4) is 0 Å². The first-order valence-electron chi connectivity index (χ1n) is 11.1. The Balaban J connectivity index is 1.66. The second kappa shape index (κ2) is 14.5. The lowest BCUT2D eigenvalue weighted by Gasteiger charge is -2.26. The van der Waals surface area contributed by atoms with E-state index in [1.165, 1.54) is 12.8 Å². The molecule has 3 atom stereocenters. The third kappa shape index (κ3) is 10.0. The zero-order chi connectivity index (χ0) is 19.2. The molecule has 158 valence electrons. The summed E-state index contributed by atoms with van der Waals surface area (Å²) in [6.07, 6.45) is 15.3. The van der Waals surface area contributed by atoms with Crippen molar-refractivity contribution >= 4 is 0 Å². The summed E-state index contributed by atoms with van der Waals surface area (Å²) in [6, 6.07) is 0. The number of unbranched alkanes of at least 4 members (excludes halogenated alkanes) is 1. The Morgan fingerprint density at radius 1 is 0.926 bits per heavy atom. The Hall–Kier alpha value is -0.460. The van der Waals surface area contributed by atoms with Crippen LogP contribution in [0.25, 0.3) is 0 Å². The van der Waals surface area contributed by atoms with Crippen LogP contribution < -0.4 is 0 Å². The van der Waals surface area contributed by atoms with Gasteiger partial charge < -0.3 is 23.7 Å². The fourth-order valence-corrected chi connectivity index (χ4v) is 3.42. The van der Waals surface area contributed by atoms with Gasteiger partial charge in [0.1, 0.15) is 0 Å². The van der Waals surface area contributed by atoms with Crippen molar-refractivity contribution in [3.8, 4) is 0 Å². The summed E-state index contributed by atoms with van der Waals surface area (Å²) < 4.78 is 29.2. The maximum atomic E-state index is 6.22. The molecule has 2 rings (SSSR count). The van der Waals surface area contributed by atoms with Crippen molar-refractivity contribution in [3.05, 3.63) is 12.2 Å². The van der Waals surface area contributed by atoms with E-state index in [4.69, 9.17) is 23.7 Å². The van der Waals surface area contributed by atoms with Gasteiger partial charge in [0.25, 0.3) is 0 Å². The Morgan fingerprint density at radius 3 is 2.19 bits per heavy atom. The first-order chi connectivity index (χ1) is 13.3. The third-order valence-electron chi connectivity index (χ3n) is 5.17. The van der Waals surface area contributed by atoms with Crippen LogP contribution in [0.1, 0.15) is 78.1 Å². The smallest absolute Gasteiger partial charge is 0.157 e. The van der Waals surface area contributed by atoms with Crippen LogP contribution >= 0.6 is 0 Å². The van der Waals surface area contributed by atoms with Gasteiger partial charge >= 0.3 is 0 Å². The normalized spacial score (nSPS) is 25.3. The molecular formula is C22H40O5. The lowest BCUT2D eigenvalue weighted by molar-refractivity contribution is -0.179. The highest BCUT2D eigenvalue weighted by molar-refractivity contribution is 4.90. The van der Waals surface area contributed by atoms with Gasteiger partial charge in [-0.05, 0) is 64.2 Å². The number of hydrogen-bond donors (Lipinski definition) is 0. The minimum atomic E-state index is -0.0659. The Bertz CT molecular complexity index is 371. The lowest BCUT2D eigenvalue weighted by atomic mass is 10.2. The lowest BCUT2D eigenvalue weighted by Crippen LogP contribution is -2.29. The molecule has 2 unspecified atom stereocenters. The van der Waals surface area contributed by atoms with Crippen molar-refractivity contribution < 1.29 is 23.7 Å². The average molecular weight is 385 g/mol. The summed E-state index contributed by atoms with van der Waals surface area (Å²) in [5.74, 6) is 0. The molecule has 0 bridgehead atoms. The van der Waals surface area contributed by atoms with Crippen LogP contribution in [-0.2, 0) is 23.7 Å². The third-order valence-corrected chi connectivity index (χ3v) is 5.17. The topological polar surface area (TPSA) is 46.2 Å². The van der Waals surface area contributed by atoms with Crippen molar-refractivity contribution in [1.29, 1.82) is 0 Å². The molecule has 0 aromatic carbocycles. The standard InChI is InChI=1S/C22H40O5/c1-3-19(4-2)27-20(18-26-22-14-8-11-17-25-22)12-6-5-9-15-23-21-13-7-10-16-24-21/h6,12,19-22H,3-5,7-11,13-18H2,1-2H3/b12-6+/t20-,21?,22?/m0/s1. The van der Waals surface area contributed by atoms with Crippen LogP contribution in [0, 0.1) is 0 Å². The fourth-order valence-electron chi connectivity index (χ4n) is 3.42. The number of hydrogen-bond acceptors (Lipinski definition) is 5. The van der Waals surface area contributed by atoms with E-state index in [1.54, 1.807) is 0 Å². The van der Waals surface area contributed by atoms with Gasteiger partial charge in [0, 0.05) is 13.2 Å². The van der Waals surface area contributed by atoms with E-state index >= 15 is 0 Å². The molecule has 2 aliphatic heterocycles. The van der Waals surface area contributed by atoms with Crippen LogP contribution in [0.5, 0.6) is 0 Å². The first kappa shape index (κ1) is 22.8. The number of ether oxygens (including phenoxy) is 5. The molecule has 0 spiro atoms. The van der Waals surface area contributed by atoms with Crippen molar-refractivity contribution in [2.45, 2.75) is 103 Å². The van der Waals surface area contributed by atoms with Gasteiger partial charge in [0.15, 0.2) is 12.6 Å². The second-order valence-corrected chi connectivity index (χ2v) is 7.48. The van der Waals surface area contributed by atoms with Gasteiger partial charge in [-0.2, -0.15) is 0 Å². The molecule has 0 aromatic rings. The molecule has 0 amide bonds. The Morgan fingerprint density at radius 2 is 1.59 bits per heavy atom. The van der Waals surface area contributed by atoms with E-state index in [2.05, 4.69) is 26.0 Å². The summed E-state index contributed by atoms with van der Waals surface area (Å²) >= 11 is 0. The summed E-state index contributed by atoms with van der Waals surface area (Å²) in [4.78, 5) is 0. The van der Waals surface area contributed by atoms with E-state index in [9.17, 15) is 0 Å². The summed E-state index contributed by atoms with van der Waals surface area (Å²) in [6.45, 7) is 7.30. The van der Waals surface area contributed by atoms with Crippen molar-refractivity contribution in [1.82, 2.24) is 0 Å². The molecule has 0 N–H and O–H groups in total. The van der Waals surface area contributed by atoms with Crippen LogP contribution in [0.15, 0.2) is 12.2 Å².